The van der Waals surface area contributed by atoms with E-state index in [0.717, 1.165) is 16.0 Å². The Balaban J connectivity index is 1.53. The molecule has 1 saturated heterocycles. The molecule has 5 rings (SSSR count). The molecule has 1 aliphatic heterocycles. The highest BCUT2D eigenvalue weighted by Crippen LogP contribution is 2.31. The summed E-state index contributed by atoms with van der Waals surface area (Å²) in [5, 5.41) is 6.45. The summed E-state index contributed by atoms with van der Waals surface area (Å²) in [6, 6.07) is 10.0. The van der Waals surface area contributed by atoms with Crippen molar-refractivity contribution in [3.63, 3.8) is 0 Å². The molecule has 4 heterocycles. The SMILES string of the molecule is Cc1cnc(-n2ncc(C(=O)N(C)C[C@H]3COCCO3)c2-c2cccs2)nc1-c1ccc(F)cc1. The molecule has 0 aliphatic carbocycles. The van der Waals surface area contributed by atoms with Crippen LogP contribution in [0.25, 0.3) is 27.8 Å². The van der Waals surface area contributed by atoms with Gasteiger partial charge in [0.1, 0.15) is 11.5 Å². The lowest BCUT2D eigenvalue weighted by Gasteiger charge is -2.27. The summed E-state index contributed by atoms with van der Waals surface area (Å²) < 4.78 is 26.2. The monoisotopic (exact) mass is 493 g/mol. The van der Waals surface area contributed by atoms with Crippen LogP contribution in [0.3, 0.4) is 0 Å². The van der Waals surface area contributed by atoms with Gasteiger partial charge >= 0.3 is 0 Å². The number of likely N-dealkylation sites (N-methyl/N-ethyl adjacent to an activating group) is 1. The molecule has 0 N–H and O–H groups in total. The molecule has 1 aromatic carbocycles. The molecule has 1 atom stereocenters. The van der Waals surface area contributed by atoms with E-state index in [2.05, 4.69) is 10.1 Å². The smallest absolute Gasteiger partial charge is 0.257 e. The Bertz CT molecular complexity index is 1320. The molecule has 35 heavy (non-hydrogen) atoms. The molecule has 1 fully saturated rings. The minimum atomic E-state index is -0.315. The fourth-order valence-corrected chi connectivity index (χ4v) is 4.75. The van der Waals surface area contributed by atoms with E-state index < -0.39 is 0 Å². The topological polar surface area (TPSA) is 82.4 Å². The van der Waals surface area contributed by atoms with E-state index in [0.29, 0.717) is 49.3 Å². The first-order valence-corrected chi connectivity index (χ1v) is 12.1. The van der Waals surface area contributed by atoms with Crippen LogP contribution in [0.2, 0.25) is 0 Å². The summed E-state index contributed by atoms with van der Waals surface area (Å²) in [6.07, 6.45) is 3.08. The van der Waals surface area contributed by atoms with Gasteiger partial charge in [-0.25, -0.2) is 14.4 Å². The third kappa shape index (κ3) is 4.86. The number of hydrogen-bond donors (Lipinski definition) is 0. The lowest BCUT2D eigenvalue weighted by atomic mass is 10.1. The van der Waals surface area contributed by atoms with Gasteiger partial charge < -0.3 is 14.4 Å². The minimum Gasteiger partial charge on any atom is -0.376 e. The van der Waals surface area contributed by atoms with Crippen LogP contribution in [0.5, 0.6) is 0 Å². The van der Waals surface area contributed by atoms with Crippen LogP contribution >= 0.6 is 11.3 Å². The quantitative estimate of drug-likeness (QED) is 0.404. The highest BCUT2D eigenvalue weighted by Gasteiger charge is 2.27. The van der Waals surface area contributed by atoms with Crippen LogP contribution < -0.4 is 0 Å². The van der Waals surface area contributed by atoms with Gasteiger partial charge in [0.25, 0.3) is 11.9 Å². The summed E-state index contributed by atoms with van der Waals surface area (Å²) in [6.45, 7) is 3.85. The molecule has 0 unspecified atom stereocenters. The summed E-state index contributed by atoms with van der Waals surface area (Å²) in [5.74, 6) is -0.172. The number of amides is 1. The van der Waals surface area contributed by atoms with Gasteiger partial charge in [0.15, 0.2) is 0 Å². The van der Waals surface area contributed by atoms with E-state index in [1.54, 1.807) is 41.2 Å². The normalized spacial score (nSPS) is 15.8. The van der Waals surface area contributed by atoms with Crippen LogP contribution in [-0.2, 0) is 9.47 Å². The molecule has 0 bridgehead atoms. The maximum absolute atomic E-state index is 13.5. The van der Waals surface area contributed by atoms with E-state index in [1.807, 2.05) is 24.4 Å². The molecule has 4 aromatic rings. The van der Waals surface area contributed by atoms with Crippen molar-refractivity contribution >= 4 is 17.2 Å². The van der Waals surface area contributed by atoms with Gasteiger partial charge in [-0.15, -0.1) is 11.3 Å². The van der Waals surface area contributed by atoms with Gasteiger partial charge in [-0.1, -0.05) is 6.07 Å². The second kappa shape index (κ2) is 10.0. The van der Waals surface area contributed by atoms with E-state index in [4.69, 9.17) is 14.5 Å². The van der Waals surface area contributed by atoms with Crippen molar-refractivity contribution in [1.29, 1.82) is 0 Å². The van der Waals surface area contributed by atoms with Gasteiger partial charge in [0.05, 0.1) is 48.3 Å². The molecule has 8 nitrogen and oxygen atoms in total. The van der Waals surface area contributed by atoms with Gasteiger partial charge in [0, 0.05) is 25.4 Å². The zero-order valence-corrected chi connectivity index (χ0v) is 20.2. The first kappa shape index (κ1) is 23.3. The van der Waals surface area contributed by atoms with Crippen molar-refractivity contribution in [3.8, 4) is 27.8 Å². The van der Waals surface area contributed by atoms with Gasteiger partial charge in [0.2, 0.25) is 0 Å². The molecule has 3 aromatic heterocycles. The Morgan fingerprint density at radius 2 is 2.06 bits per heavy atom. The first-order chi connectivity index (χ1) is 17.0. The van der Waals surface area contributed by atoms with Crippen LogP contribution in [0.1, 0.15) is 15.9 Å². The van der Waals surface area contributed by atoms with E-state index in [-0.39, 0.29) is 17.8 Å². The molecule has 1 aliphatic rings. The summed E-state index contributed by atoms with van der Waals surface area (Å²) in [4.78, 5) is 25.2. The van der Waals surface area contributed by atoms with Crippen LogP contribution in [0.4, 0.5) is 4.39 Å². The summed E-state index contributed by atoms with van der Waals surface area (Å²) in [7, 11) is 1.74. The standard InChI is InChI=1S/C25H24FN5O3S/c1-16-12-27-25(29-22(16)17-5-7-18(26)8-6-17)31-23(21-4-3-11-35-21)20(13-28-31)24(32)30(2)14-19-15-33-9-10-34-19/h3-8,11-13,19H,9-10,14-15H2,1-2H3/t19-/m0/s1. The van der Waals surface area contributed by atoms with Crippen molar-refractivity contribution in [2.75, 3.05) is 33.4 Å². The number of ether oxygens (including phenoxy) is 2. The maximum atomic E-state index is 13.5. The Morgan fingerprint density at radius 3 is 2.77 bits per heavy atom. The number of aryl methyl sites for hydroxylation is 1. The highest BCUT2D eigenvalue weighted by molar-refractivity contribution is 7.13. The predicted octanol–water partition coefficient (Wildman–Crippen LogP) is 3.99. The number of rotatable bonds is 6. The van der Waals surface area contributed by atoms with Gasteiger partial charge in [-0.2, -0.15) is 9.78 Å². The summed E-state index contributed by atoms with van der Waals surface area (Å²) >= 11 is 1.50. The average molecular weight is 494 g/mol. The lowest BCUT2D eigenvalue weighted by Crippen LogP contribution is -2.40. The Morgan fingerprint density at radius 1 is 1.23 bits per heavy atom. The number of aromatic nitrogens is 4. The van der Waals surface area contributed by atoms with Crippen LogP contribution in [0, 0.1) is 12.7 Å². The third-order valence-electron chi connectivity index (χ3n) is 5.73. The van der Waals surface area contributed by atoms with E-state index >= 15 is 0 Å². The molecule has 1 amide bonds. The Hall–Kier alpha value is -3.47. The maximum Gasteiger partial charge on any atom is 0.257 e. The largest absolute Gasteiger partial charge is 0.376 e. The van der Waals surface area contributed by atoms with Crippen LogP contribution in [-0.4, -0.2) is 70.1 Å². The van der Waals surface area contributed by atoms with E-state index in [9.17, 15) is 9.18 Å². The number of carbonyl (C=O) groups excluding carboxylic acids is 1. The number of thiophene rings is 1. The second-order valence-electron chi connectivity index (χ2n) is 8.26. The highest BCUT2D eigenvalue weighted by atomic mass is 32.1. The van der Waals surface area contributed by atoms with Crippen molar-refractivity contribution < 1.29 is 18.7 Å². The van der Waals surface area contributed by atoms with Gasteiger partial charge in [-0.3, -0.25) is 4.79 Å². The van der Waals surface area contributed by atoms with Crippen molar-refractivity contribution in [2.24, 2.45) is 0 Å². The zero-order chi connectivity index (χ0) is 24.4. The van der Waals surface area contributed by atoms with Crippen molar-refractivity contribution in [1.82, 2.24) is 24.6 Å². The van der Waals surface area contributed by atoms with E-state index in [1.165, 1.54) is 23.5 Å². The Kier molecular flexibility index (Phi) is 6.67. The molecular formula is C25H24FN5O3S. The number of nitrogens with zero attached hydrogens (tertiary/aromatic N) is 5. The molecule has 0 radical (unpaired) electrons. The molecule has 180 valence electrons. The average Bonchev–Trinajstić information content (AvgIpc) is 3.55. The number of halogens is 1. The molecule has 10 heteroatoms. The van der Waals surface area contributed by atoms with Crippen molar-refractivity contribution in [2.45, 2.75) is 13.0 Å². The number of hydrogen-bond acceptors (Lipinski definition) is 7. The fourth-order valence-electron chi connectivity index (χ4n) is 3.98. The molecule has 0 saturated carbocycles. The predicted molar refractivity (Wildman–Crippen MR) is 130 cm³/mol. The summed E-state index contributed by atoms with van der Waals surface area (Å²) in [5.41, 5.74) is 3.34. The Labute approximate surface area is 206 Å². The first-order valence-electron chi connectivity index (χ1n) is 11.2. The van der Waals surface area contributed by atoms with Crippen LogP contribution in [0.15, 0.2) is 54.2 Å². The molecular weight excluding hydrogens is 469 g/mol. The minimum absolute atomic E-state index is 0.170. The van der Waals surface area contributed by atoms with Gasteiger partial charge in [-0.05, 0) is 48.2 Å². The lowest BCUT2D eigenvalue weighted by molar-refractivity contribution is -0.0933. The second-order valence-corrected chi connectivity index (χ2v) is 9.21. The zero-order valence-electron chi connectivity index (χ0n) is 19.3. The molecule has 0 spiro atoms. The number of benzene rings is 1. The number of carbonyl (C=O) groups is 1. The fraction of sp³-hybridized carbons (Fsp3) is 0.280. The van der Waals surface area contributed by atoms with Crippen molar-refractivity contribution in [3.05, 3.63) is 71.1 Å². The third-order valence-corrected chi connectivity index (χ3v) is 6.61.